The van der Waals surface area contributed by atoms with Crippen molar-refractivity contribution in [2.45, 2.75) is 309 Å². The zero-order valence-corrected chi connectivity index (χ0v) is 48.1. The summed E-state index contributed by atoms with van der Waals surface area (Å²) in [5.41, 5.74) is 0. The van der Waals surface area contributed by atoms with Crippen molar-refractivity contribution in [3.8, 4) is 0 Å². The van der Waals surface area contributed by atoms with Crippen molar-refractivity contribution in [1.82, 2.24) is 0 Å². The summed E-state index contributed by atoms with van der Waals surface area (Å²) >= 11 is 0. The van der Waals surface area contributed by atoms with Crippen LogP contribution >= 0.6 is 0 Å². The molecule has 0 aliphatic heterocycles. The quantitative estimate of drug-likeness (QED) is 0.0261. The second-order valence-corrected chi connectivity index (χ2v) is 20.6. The Morgan fingerprint density at radius 3 is 0.986 bits per heavy atom. The van der Waals surface area contributed by atoms with Crippen LogP contribution in [0.25, 0.3) is 0 Å². The maximum Gasteiger partial charge on any atom is 0.309 e. The minimum Gasteiger partial charge on any atom is -0.462 e. The summed E-state index contributed by atoms with van der Waals surface area (Å²) in [7, 11) is 0. The molecule has 0 spiro atoms. The van der Waals surface area contributed by atoms with Gasteiger partial charge in [-0.15, -0.1) is 0 Å². The van der Waals surface area contributed by atoms with Gasteiger partial charge in [0.2, 0.25) is 0 Å². The van der Waals surface area contributed by atoms with Gasteiger partial charge in [0.15, 0.2) is 6.10 Å². The number of carbonyl (C=O) groups excluding carboxylic acids is 3. The van der Waals surface area contributed by atoms with Crippen LogP contribution in [0.1, 0.15) is 303 Å². The predicted octanol–water partition coefficient (Wildman–Crippen LogP) is 21.1. The molecule has 0 aliphatic carbocycles. The molecule has 420 valence electrons. The van der Waals surface area contributed by atoms with E-state index >= 15 is 0 Å². The van der Waals surface area contributed by atoms with Crippen molar-refractivity contribution in [2.75, 3.05) is 13.2 Å². The van der Waals surface area contributed by atoms with Crippen molar-refractivity contribution in [2.24, 2.45) is 0 Å². The highest BCUT2D eigenvalue weighted by Gasteiger charge is 2.19. The van der Waals surface area contributed by atoms with E-state index in [2.05, 4.69) is 93.7 Å². The first-order valence-electron chi connectivity index (χ1n) is 31.1. The number of allylic oxidation sites excluding steroid dienone is 13. The molecule has 0 fully saturated rings. The Labute approximate surface area is 452 Å². The zero-order valence-electron chi connectivity index (χ0n) is 48.1. The van der Waals surface area contributed by atoms with Gasteiger partial charge in [-0.3, -0.25) is 14.4 Å². The Morgan fingerprint density at radius 2 is 0.589 bits per heavy atom. The van der Waals surface area contributed by atoms with E-state index in [4.69, 9.17) is 14.2 Å². The fraction of sp³-hybridized carbons (Fsp3) is 0.746. The van der Waals surface area contributed by atoms with Crippen molar-refractivity contribution in [3.05, 3.63) is 85.1 Å². The molecule has 0 bridgehead atoms. The molecule has 0 heterocycles. The maximum atomic E-state index is 12.9. The molecule has 0 aromatic rings. The van der Waals surface area contributed by atoms with E-state index in [9.17, 15) is 14.4 Å². The van der Waals surface area contributed by atoms with Crippen molar-refractivity contribution in [1.29, 1.82) is 0 Å². The third kappa shape index (κ3) is 59.3. The number of hydrogen-bond donors (Lipinski definition) is 0. The van der Waals surface area contributed by atoms with Crippen LogP contribution in [0.5, 0.6) is 0 Å². The van der Waals surface area contributed by atoms with E-state index in [1.165, 1.54) is 180 Å². The van der Waals surface area contributed by atoms with E-state index in [0.717, 1.165) is 83.5 Å². The summed E-state index contributed by atoms with van der Waals surface area (Å²) in [5.74, 6) is -1.04. The van der Waals surface area contributed by atoms with Crippen molar-refractivity contribution < 1.29 is 28.6 Å². The molecule has 0 radical (unpaired) electrons. The largest absolute Gasteiger partial charge is 0.462 e. The molecular formula is C67H116O6. The first-order chi connectivity index (χ1) is 36.0. The van der Waals surface area contributed by atoms with Crippen LogP contribution in [0.15, 0.2) is 85.1 Å². The van der Waals surface area contributed by atoms with Gasteiger partial charge >= 0.3 is 17.9 Å². The molecule has 0 N–H and O–H groups in total. The summed E-state index contributed by atoms with van der Waals surface area (Å²) in [5, 5.41) is 0. The molecule has 0 aromatic carbocycles. The Bertz CT molecular complexity index is 1400. The molecule has 0 saturated carbocycles. The van der Waals surface area contributed by atoms with Gasteiger partial charge < -0.3 is 14.2 Å². The molecule has 73 heavy (non-hydrogen) atoms. The molecular weight excluding hydrogens is 901 g/mol. The van der Waals surface area contributed by atoms with Crippen LogP contribution in [0.2, 0.25) is 0 Å². The summed E-state index contributed by atoms with van der Waals surface area (Å²) in [4.78, 5) is 38.2. The minimum absolute atomic E-state index is 0.107. The van der Waals surface area contributed by atoms with Crippen LogP contribution in [-0.2, 0) is 28.6 Å². The molecule has 0 amide bonds. The van der Waals surface area contributed by atoms with Crippen LogP contribution in [0.4, 0.5) is 0 Å². The van der Waals surface area contributed by atoms with Gasteiger partial charge in [-0.05, 0) is 77.0 Å². The average Bonchev–Trinajstić information content (AvgIpc) is 3.39. The number of esters is 3. The summed E-state index contributed by atoms with van der Waals surface area (Å²) in [6, 6.07) is 0. The average molecular weight is 1020 g/mol. The number of ether oxygens (including phenoxy) is 3. The fourth-order valence-electron chi connectivity index (χ4n) is 8.78. The van der Waals surface area contributed by atoms with Crippen LogP contribution in [0.3, 0.4) is 0 Å². The summed E-state index contributed by atoms with van der Waals surface area (Å²) < 4.78 is 16.8. The molecule has 6 nitrogen and oxygen atoms in total. The fourth-order valence-corrected chi connectivity index (χ4v) is 8.78. The second kappa shape index (κ2) is 61.1. The van der Waals surface area contributed by atoms with Gasteiger partial charge in [0, 0.05) is 12.8 Å². The number of hydrogen-bond acceptors (Lipinski definition) is 6. The molecule has 1 atom stereocenters. The Balaban J connectivity index is 4.39. The lowest BCUT2D eigenvalue weighted by molar-refractivity contribution is -0.166. The Morgan fingerprint density at radius 1 is 0.301 bits per heavy atom. The lowest BCUT2D eigenvalue weighted by Gasteiger charge is -2.18. The van der Waals surface area contributed by atoms with E-state index in [0.29, 0.717) is 12.8 Å². The third-order valence-electron chi connectivity index (χ3n) is 13.4. The lowest BCUT2D eigenvalue weighted by Crippen LogP contribution is -2.30. The van der Waals surface area contributed by atoms with Crippen LogP contribution < -0.4 is 0 Å². The highest BCUT2D eigenvalue weighted by Crippen LogP contribution is 2.17. The van der Waals surface area contributed by atoms with E-state index in [-0.39, 0.29) is 31.6 Å². The highest BCUT2D eigenvalue weighted by molar-refractivity contribution is 5.72. The molecule has 1 unspecified atom stereocenters. The number of unbranched alkanes of at least 4 members (excludes halogenated alkanes) is 32. The van der Waals surface area contributed by atoms with E-state index < -0.39 is 12.1 Å². The van der Waals surface area contributed by atoms with Gasteiger partial charge in [-0.1, -0.05) is 292 Å². The molecule has 0 rings (SSSR count). The number of carbonyl (C=O) groups is 3. The van der Waals surface area contributed by atoms with Crippen LogP contribution in [-0.4, -0.2) is 37.2 Å². The second-order valence-electron chi connectivity index (χ2n) is 20.6. The Kier molecular flexibility index (Phi) is 58.3. The predicted molar refractivity (Wildman–Crippen MR) is 316 cm³/mol. The lowest BCUT2D eigenvalue weighted by atomic mass is 10.0. The minimum atomic E-state index is -0.820. The van der Waals surface area contributed by atoms with Crippen molar-refractivity contribution >= 4 is 17.9 Å². The molecule has 0 aliphatic rings. The monoisotopic (exact) mass is 1020 g/mol. The molecule has 6 heteroatoms. The van der Waals surface area contributed by atoms with Crippen LogP contribution in [0, 0.1) is 0 Å². The maximum absolute atomic E-state index is 12.9. The Hall–Kier alpha value is -3.41. The van der Waals surface area contributed by atoms with E-state index in [1.807, 2.05) is 6.08 Å². The summed E-state index contributed by atoms with van der Waals surface area (Å²) in [6.45, 7) is 6.44. The number of rotatable bonds is 56. The standard InChI is InChI=1S/C67H116O6/c1-4-7-10-13-16-19-22-25-28-30-31-32-33-34-35-37-39-42-45-48-51-54-57-60-66(69)72-63-64(62-71-65(68)59-56-53-50-47-44-41-38-27-24-21-18-15-12-9-6-3)73-67(70)61-58-55-52-49-46-43-40-36-29-26-23-20-17-14-11-8-5-2/h9,12,17-18,20-21,26-27,29,38,44,47,53,56,64H,4-8,10-11,13-16,19,22-25,28,30-37,39-43,45-46,48-52,54-55,57-63H2,1-3H3/b12-9-,20-17-,21-18-,29-26-,38-27-,47-44-,56-53-. The van der Waals surface area contributed by atoms with Gasteiger partial charge in [0.1, 0.15) is 13.2 Å². The van der Waals surface area contributed by atoms with Gasteiger partial charge in [-0.25, -0.2) is 0 Å². The first-order valence-corrected chi connectivity index (χ1v) is 31.1. The van der Waals surface area contributed by atoms with Gasteiger partial charge in [-0.2, -0.15) is 0 Å². The smallest absolute Gasteiger partial charge is 0.309 e. The zero-order chi connectivity index (χ0) is 52.9. The van der Waals surface area contributed by atoms with Crippen molar-refractivity contribution in [3.63, 3.8) is 0 Å². The topological polar surface area (TPSA) is 78.9 Å². The normalized spacial score (nSPS) is 12.6. The molecule has 0 saturated heterocycles. The van der Waals surface area contributed by atoms with E-state index in [1.54, 1.807) is 6.08 Å². The first kappa shape index (κ1) is 69.6. The van der Waals surface area contributed by atoms with Gasteiger partial charge in [0.05, 0.1) is 6.42 Å². The highest BCUT2D eigenvalue weighted by atomic mass is 16.6. The SMILES string of the molecule is CC/C=C\C/C=C\C/C=C\C/C=C\C/C=C\CC(=O)OCC(COC(=O)CCCCCCCCCCCCCCCCCCCCCCCCC)OC(=O)CCCCCCCCC/C=C\C/C=C\CCCCC. The third-order valence-corrected chi connectivity index (χ3v) is 13.4. The van der Waals surface area contributed by atoms with Gasteiger partial charge in [0.25, 0.3) is 0 Å². The molecule has 0 aromatic heterocycles. The summed E-state index contributed by atoms with van der Waals surface area (Å²) in [6.07, 6.45) is 80.4.